The van der Waals surface area contributed by atoms with E-state index < -0.39 is 0 Å². The first-order valence-corrected chi connectivity index (χ1v) is 7.49. The van der Waals surface area contributed by atoms with Gasteiger partial charge in [-0.05, 0) is 43.9 Å². The van der Waals surface area contributed by atoms with Crippen LogP contribution in [0.1, 0.15) is 46.5 Å². The second-order valence-electron chi connectivity index (χ2n) is 5.19. The summed E-state index contributed by atoms with van der Waals surface area (Å²) < 4.78 is 0. The molecule has 0 aromatic heterocycles. The monoisotopic (exact) mass is 229 g/mol. The number of thioether (sulfide) groups is 1. The second kappa shape index (κ2) is 6.80. The van der Waals surface area contributed by atoms with Gasteiger partial charge in [-0.15, -0.1) is 0 Å². The van der Waals surface area contributed by atoms with Gasteiger partial charge in [0, 0.05) is 11.3 Å². The molecule has 3 unspecified atom stereocenters. The molecule has 1 aliphatic carbocycles. The van der Waals surface area contributed by atoms with Gasteiger partial charge >= 0.3 is 0 Å². The predicted molar refractivity (Wildman–Crippen MR) is 71.6 cm³/mol. The fraction of sp³-hybridized carbons (Fsp3) is 1.00. The first-order valence-electron chi connectivity index (χ1n) is 6.44. The summed E-state index contributed by atoms with van der Waals surface area (Å²) in [4.78, 5) is 0. The SMILES string of the molecule is CNC1CCCC1CCSC(C)C(C)C. The average molecular weight is 229 g/mol. The van der Waals surface area contributed by atoms with Crippen molar-refractivity contribution in [2.75, 3.05) is 12.8 Å². The lowest BCUT2D eigenvalue weighted by molar-refractivity contribution is 0.417. The van der Waals surface area contributed by atoms with Crippen LogP contribution in [-0.2, 0) is 0 Å². The Labute approximate surface area is 99.8 Å². The van der Waals surface area contributed by atoms with Crippen molar-refractivity contribution in [3.63, 3.8) is 0 Å². The number of rotatable bonds is 6. The van der Waals surface area contributed by atoms with E-state index in [9.17, 15) is 0 Å². The van der Waals surface area contributed by atoms with Crippen molar-refractivity contribution in [3.8, 4) is 0 Å². The summed E-state index contributed by atoms with van der Waals surface area (Å²) in [6.07, 6.45) is 5.68. The van der Waals surface area contributed by atoms with Crippen molar-refractivity contribution in [2.24, 2.45) is 11.8 Å². The van der Waals surface area contributed by atoms with Crippen molar-refractivity contribution in [1.82, 2.24) is 5.32 Å². The van der Waals surface area contributed by atoms with Gasteiger partial charge in [-0.1, -0.05) is 27.2 Å². The fourth-order valence-corrected chi connectivity index (χ4v) is 3.56. The summed E-state index contributed by atoms with van der Waals surface area (Å²) in [5.41, 5.74) is 0. The normalized spacial score (nSPS) is 28.6. The maximum atomic E-state index is 3.47. The molecule has 0 aliphatic heterocycles. The minimum atomic E-state index is 0.806. The van der Waals surface area contributed by atoms with E-state index in [0.29, 0.717) is 0 Å². The first-order chi connectivity index (χ1) is 7.15. The lowest BCUT2D eigenvalue weighted by Gasteiger charge is -2.20. The van der Waals surface area contributed by atoms with Gasteiger partial charge < -0.3 is 5.32 Å². The maximum Gasteiger partial charge on any atom is 0.00926 e. The van der Waals surface area contributed by atoms with Gasteiger partial charge in [0.05, 0.1) is 0 Å². The highest BCUT2D eigenvalue weighted by Crippen LogP contribution is 2.30. The molecule has 0 heterocycles. The number of nitrogens with one attached hydrogen (secondary N) is 1. The van der Waals surface area contributed by atoms with Crippen LogP contribution in [0.3, 0.4) is 0 Å². The number of hydrogen-bond donors (Lipinski definition) is 1. The van der Waals surface area contributed by atoms with E-state index in [1.54, 1.807) is 0 Å². The molecule has 0 bridgehead atoms. The van der Waals surface area contributed by atoms with Crippen molar-refractivity contribution < 1.29 is 0 Å². The Kier molecular flexibility index (Phi) is 6.06. The summed E-state index contributed by atoms with van der Waals surface area (Å²) in [6.45, 7) is 7.01. The lowest BCUT2D eigenvalue weighted by atomic mass is 10.0. The van der Waals surface area contributed by atoms with E-state index in [2.05, 4.69) is 44.9 Å². The first kappa shape index (κ1) is 13.4. The van der Waals surface area contributed by atoms with E-state index in [-0.39, 0.29) is 0 Å². The third kappa shape index (κ3) is 4.36. The Bertz CT molecular complexity index is 170. The molecule has 0 aromatic rings. The highest BCUT2D eigenvalue weighted by atomic mass is 32.2. The molecule has 0 aromatic carbocycles. The highest BCUT2D eigenvalue weighted by molar-refractivity contribution is 7.99. The van der Waals surface area contributed by atoms with E-state index in [0.717, 1.165) is 23.1 Å². The maximum absolute atomic E-state index is 3.47. The molecular weight excluding hydrogens is 202 g/mol. The fourth-order valence-electron chi connectivity index (χ4n) is 2.36. The van der Waals surface area contributed by atoms with Crippen LogP contribution in [0, 0.1) is 11.8 Å². The Morgan fingerprint density at radius 3 is 2.60 bits per heavy atom. The summed E-state index contributed by atoms with van der Waals surface area (Å²) in [5, 5.41) is 4.28. The smallest absolute Gasteiger partial charge is 0.00926 e. The Morgan fingerprint density at radius 2 is 2.00 bits per heavy atom. The van der Waals surface area contributed by atoms with Crippen LogP contribution in [0.4, 0.5) is 0 Å². The molecule has 1 fully saturated rings. The third-order valence-corrected chi connectivity index (χ3v) is 5.38. The molecule has 3 atom stereocenters. The van der Waals surface area contributed by atoms with E-state index >= 15 is 0 Å². The highest BCUT2D eigenvalue weighted by Gasteiger charge is 2.25. The summed E-state index contributed by atoms with van der Waals surface area (Å²) in [6, 6.07) is 0.806. The molecule has 15 heavy (non-hydrogen) atoms. The minimum absolute atomic E-state index is 0.806. The molecule has 1 nitrogen and oxygen atoms in total. The predicted octanol–water partition coefficient (Wildman–Crippen LogP) is 3.54. The summed E-state index contributed by atoms with van der Waals surface area (Å²) in [5.74, 6) is 3.11. The molecule has 0 radical (unpaired) electrons. The van der Waals surface area contributed by atoms with Gasteiger partial charge in [0.15, 0.2) is 0 Å². The molecular formula is C13H27NS. The van der Waals surface area contributed by atoms with Gasteiger partial charge in [-0.2, -0.15) is 11.8 Å². The van der Waals surface area contributed by atoms with Gasteiger partial charge in [-0.3, -0.25) is 0 Å². The third-order valence-electron chi connectivity index (χ3n) is 3.84. The summed E-state index contributed by atoms with van der Waals surface area (Å²) in [7, 11) is 2.12. The largest absolute Gasteiger partial charge is 0.317 e. The van der Waals surface area contributed by atoms with E-state index in [1.807, 2.05) is 0 Å². The topological polar surface area (TPSA) is 12.0 Å². The van der Waals surface area contributed by atoms with Crippen molar-refractivity contribution in [2.45, 2.75) is 57.7 Å². The molecule has 1 rings (SSSR count). The minimum Gasteiger partial charge on any atom is -0.317 e. The molecule has 90 valence electrons. The number of hydrogen-bond acceptors (Lipinski definition) is 2. The van der Waals surface area contributed by atoms with Gasteiger partial charge in [-0.25, -0.2) is 0 Å². The van der Waals surface area contributed by atoms with Gasteiger partial charge in [0.2, 0.25) is 0 Å². The van der Waals surface area contributed by atoms with Gasteiger partial charge in [0.1, 0.15) is 0 Å². The van der Waals surface area contributed by atoms with Crippen LogP contribution >= 0.6 is 11.8 Å². The quantitative estimate of drug-likeness (QED) is 0.747. The van der Waals surface area contributed by atoms with E-state index in [4.69, 9.17) is 0 Å². The summed E-state index contributed by atoms with van der Waals surface area (Å²) >= 11 is 2.16. The molecule has 1 saturated carbocycles. The van der Waals surface area contributed by atoms with Crippen LogP contribution in [0.5, 0.6) is 0 Å². The Morgan fingerprint density at radius 1 is 1.27 bits per heavy atom. The molecule has 1 aliphatic rings. The van der Waals surface area contributed by atoms with Crippen LogP contribution < -0.4 is 5.32 Å². The van der Waals surface area contributed by atoms with Crippen LogP contribution in [0.15, 0.2) is 0 Å². The standard InChI is InChI=1S/C13H27NS/c1-10(2)11(3)15-9-8-12-6-5-7-13(12)14-4/h10-14H,5-9H2,1-4H3. The van der Waals surface area contributed by atoms with E-state index in [1.165, 1.54) is 31.4 Å². The molecule has 0 spiro atoms. The van der Waals surface area contributed by atoms with Crippen molar-refractivity contribution in [1.29, 1.82) is 0 Å². The average Bonchev–Trinajstić information content (AvgIpc) is 2.65. The Hall–Kier alpha value is 0.310. The zero-order valence-electron chi connectivity index (χ0n) is 10.8. The molecule has 0 saturated heterocycles. The Balaban J connectivity index is 2.14. The molecule has 0 amide bonds. The van der Waals surface area contributed by atoms with Gasteiger partial charge in [0.25, 0.3) is 0 Å². The zero-order valence-corrected chi connectivity index (χ0v) is 11.6. The lowest BCUT2D eigenvalue weighted by Crippen LogP contribution is -2.29. The van der Waals surface area contributed by atoms with Crippen LogP contribution in [0.2, 0.25) is 0 Å². The van der Waals surface area contributed by atoms with Crippen LogP contribution in [-0.4, -0.2) is 24.1 Å². The molecule has 2 heteroatoms. The van der Waals surface area contributed by atoms with Crippen molar-refractivity contribution >= 4 is 11.8 Å². The zero-order chi connectivity index (χ0) is 11.3. The van der Waals surface area contributed by atoms with Crippen LogP contribution in [0.25, 0.3) is 0 Å². The van der Waals surface area contributed by atoms with Crippen molar-refractivity contribution in [3.05, 3.63) is 0 Å². The second-order valence-corrected chi connectivity index (χ2v) is 6.68. The molecule has 1 N–H and O–H groups in total.